The van der Waals surface area contributed by atoms with Gasteiger partial charge in [-0.3, -0.25) is 0 Å². The van der Waals surface area contributed by atoms with Gasteiger partial charge < -0.3 is 0 Å². The van der Waals surface area contributed by atoms with E-state index in [1.807, 2.05) is 62.4 Å². The maximum absolute atomic E-state index is 5.56. The standard InChI is InChI=1S/C21H22.H2/c1-6-17(3)11-10-14-20(7-2)19(5)15-16-21-13-9-8-12-18(21)4;/h2,6,8-16H,5H2,1,3-4H3;1H/b11-10-,16-15-,17-6-,20-14+;. The topological polar surface area (TPSA) is 0 Å². The lowest BCUT2D eigenvalue weighted by Crippen LogP contribution is -1.82. The predicted molar refractivity (Wildman–Crippen MR) is 97.0 cm³/mol. The van der Waals surface area contributed by atoms with Crippen LogP contribution in [-0.4, -0.2) is 0 Å². The summed E-state index contributed by atoms with van der Waals surface area (Å²) in [5.41, 5.74) is 5.24. The van der Waals surface area contributed by atoms with Gasteiger partial charge in [0.2, 0.25) is 0 Å². The van der Waals surface area contributed by atoms with Gasteiger partial charge >= 0.3 is 0 Å². The number of benzene rings is 1. The average molecular weight is 276 g/mol. The largest absolute Gasteiger partial charge is 0.115 e. The van der Waals surface area contributed by atoms with Crippen molar-refractivity contribution >= 4 is 6.08 Å². The van der Waals surface area contributed by atoms with Gasteiger partial charge in [0.15, 0.2) is 0 Å². The fourth-order valence-electron chi connectivity index (χ4n) is 1.69. The summed E-state index contributed by atoms with van der Waals surface area (Å²) >= 11 is 0. The van der Waals surface area contributed by atoms with Crippen molar-refractivity contribution in [1.82, 2.24) is 0 Å². The van der Waals surface area contributed by atoms with Gasteiger partial charge in [-0.25, -0.2) is 0 Å². The zero-order valence-electron chi connectivity index (χ0n) is 13.1. The van der Waals surface area contributed by atoms with Crippen molar-refractivity contribution in [3.8, 4) is 12.3 Å². The molecule has 108 valence electrons. The third-order valence-corrected chi connectivity index (χ3v) is 3.23. The Hall–Kier alpha value is -2.52. The van der Waals surface area contributed by atoms with Crippen LogP contribution in [0.4, 0.5) is 0 Å². The highest BCUT2D eigenvalue weighted by molar-refractivity contribution is 5.61. The van der Waals surface area contributed by atoms with Crippen LogP contribution in [0.25, 0.3) is 6.08 Å². The highest BCUT2D eigenvalue weighted by Crippen LogP contribution is 2.14. The molecule has 1 aromatic rings. The molecule has 0 bridgehead atoms. The molecule has 0 aliphatic rings. The maximum Gasteiger partial charge on any atom is 0.0309 e. The molecule has 0 saturated heterocycles. The molecule has 1 rings (SSSR count). The molecule has 0 unspecified atom stereocenters. The summed E-state index contributed by atoms with van der Waals surface area (Å²) in [4.78, 5) is 0. The quantitative estimate of drug-likeness (QED) is 0.464. The molecule has 21 heavy (non-hydrogen) atoms. The van der Waals surface area contributed by atoms with Gasteiger partial charge in [-0.1, -0.05) is 72.7 Å². The molecule has 0 aliphatic heterocycles. The normalized spacial score (nSPS) is 12.9. The Morgan fingerprint density at radius 2 is 2.00 bits per heavy atom. The van der Waals surface area contributed by atoms with Gasteiger partial charge in [0.25, 0.3) is 0 Å². The minimum Gasteiger partial charge on any atom is -0.115 e. The SMILES string of the molecule is C#C\C(=C/C=C\C(C)=C/C)C(=C)/C=C\c1ccccc1C.[HH]. The molecule has 0 heteroatoms. The average Bonchev–Trinajstić information content (AvgIpc) is 2.50. The van der Waals surface area contributed by atoms with Crippen LogP contribution < -0.4 is 0 Å². The van der Waals surface area contributed by atoms with Gasteiger partial charge in [-0.15, -0.1) is 6.42 Å². The number of terminal acetylenes is 1. The molecule has 1 aromatic carbocycles. The van der Waals surface area contributed by atoms with Crippen LogP contribution in [0.5, 0.6) is 0 Å². The summed E-state index contributed by atoms with van der Waals surface area (Å²) in [6.45, 7) is 10.2. The lowest BCUT2D eigenvalue weighted by Gasteiger charge is -2.01. The highest BCUT2D eigenvalue weighted by atomic mass is 14.0. The second-order valence-electron chi connectivity index (χ2n) is 4.83. The monoisotopic (exact) mass is 276 g/mol. The first-order chi connectivity index (χ1) is 10.1. The number of hydrogen-bond acceptors (Lipinski definition) is 0. The van der Waals surface area contributed by atoms with Crippen LogP contribution in [-0.2, 0) is 0 Å². The van der Waals surface area contributed by atoms with Crippen molar-refractivity contribution in [2.24, 2.45) is 0 Å². The van der Waals surface area contributed by atoms with E-state index >= 15 is 0 Å². The van der Waals surface area contributed by atoms with Crippen LogP contribution in [0.1, 0.15) is 26.4 Å². The van der Waals surface area contributed by atoms with Crippen LogP contribution in [0.2, 0.25) is 0 Å². The third-order valence-electron chi connectivity index (χ3n) is 3.23. The van der Waals surface area contributed by atoms with Gasteiger partial charge in [-0.2, -0.15) is 0 Å². The van der Waals surface area contributed by atoms with Crippen molar-refractivity contribution in [2.45, 2.75) is 20.8 Å². The Labute approximate surface area is 130 Å². The zero-order valence-corrected chi connectivity index (χ0v) is 13.1. The molecule has 0 radical (unpaired) electrons. The van der Waals surface area contributed by atoms with E-state index in [1.54, 1.807) is 0 Å². The van der Waals surface area contributed by atoms with E-state index in [0.29, 0.717) is 0 Å². The molecule has 0 fully saturated rings. The molecule has 0 amide bonds. The molecule has 0 saturated carbocycles. The molecular formula is C21H24. The van der Waals surface area contributed by atoms with Crippen LogP contribution >= 0.6 is 0 Å². The lowest BCUT2D eigenvalue weighted by atomic mass is 10.0. The number of aryl methyl sites for hydroxylation is 1. The van der Waals surface area contributed by atoms with Gasteiger partial charge in [0, 0.05) is 7.00 Å². The Balaban J connectivity index is 0.00000441. The summed E-state index contributed by atoms with van der Waals surface area (Å²) in [6, 6.07) is 8.22. The molecule has 0 aliphatic carbocycles. The van der Waals surface area contributed by atoms with E-state index in [2.05, 4.69) is 31.6 Å². The first-order valence-electron chi connectivity index (χ1n) is 6.99. The van der Waals surface area contributed by atoms with Crippen molar-refractivity contribution in [3.05, 3.63) is 89.1 Å². The molecule has 0 spiro atoms. The van der Waals surface area contributed by atoms with E-state index in [1.165, 1.54) is 16.7 Å². The second kappa shape index (κ2) is 8.61. The fourth-order valence-corrected chi connectivity index (χ4v) is 1.69. The van der Waals surface area contributed by atoms with Crippen LogP contribution in [0, 0.1) is 19.3 Å². The fraction of sp³-hybridized carbons (Fsp3) is 0.143. The lowest BCUT2D eigenvalue weighted by molar-refractivity contribution is 1.44. The summed E-state index contributed by atoms with van der Waals surface area (Å²) in [7, 11) is 0. The summed E-state index contributed by atoms with van der Waals surface area (Å²) in [5.74, 6) is 2.68. The van der Waals surface area contributed by atoms with Crippen LogP contribution in [0.3, 0.4) is 0 Å². The first kappa shape index (κ1) is 16.5. The van der Waals surface area contributed by atoms with E-state index in [4.69, 9.17) is 6.42 Å². The Bertz CT molecular complexity index is 661. The number of hydrogen-bond donors (Lipinski definition) is 0. The molecule has 0 N–H and O–H groups in total. The van der Waals surface area contributed by atoms with E-state index < -0.39 is 0 Å². The van der Waals surface area contributed by atoms with Crippen LogP contribution in [0.15, 0.2) is 77.9 Å². The van der Waals surface area contributed by atoms with Crippen molar-refractivity contribution in [1.29, 1.82) is 0 Å². The summed E-state index contributed by atoms with van der Waals surface area (Å²) < 4.78 is 0. The Kier molecular flexibility index (Phi) is 6.78. The molecule has 0 aromatic heterocycles. The second-order valence-corrected chi connectivity index (χ2v) is 4.83. The maximum atomic E-state index is 5.56. The Morgan fingerprint density at radius 3 is 2.62 bits per heavy atom. The van der Waals surface area contributed by atoms with E-state index in [0.717, 1.165) is 11.1 Å². The molecule has 0 nitrogen and oxygen atoms in total. The van der Waals surface area contributed by atoms with Gasteiger partial charge in [-0.05, 0) is 43.5 Å². The highest BCUT2D eigenvalue weighted by Gasteiger charge is 1.96. The molecular weight excluding hydrogens is 252 g/mol. The van der Waals surface area contributed by atoms with Gasteiger partial charge in [0.05, 0.1) is 0 Å². The molecule has 0 atom stereocenters. The third kappa shape index (κ3) is 5.55. The Morgan fingerprint density at radius 1 is 1.29 bits per heavy atom. The minimum atomic E-state index is 0. The summed E-state index contributed by atoms with van der Waals surface area (Å²) in [6.07, 6.45) is 17.5. The van der Waals surface area contributed by atoms with Crippen molar-refractivity contribution < 1.29 is 1.43 Å². The van der Waals surface area contributed by atoms with E-state index in [9.17, 15) is 0 Å². The van der Waals surface area contributed by atoms with Crippen molar-refractivity contribution in [3.63, 3.8) is 0 Å². The predicted octanol–water partition coefficient (Wildman–Crippen LogP) is 5.89. The smallest absolute Gasteiger partial charge is 0.0309 e. The zero-order chi connectivity index (χ0) is 15.7. The number of rotatable bonds is 5. The minimum absolute atomic E-state index is 0. The number of allylic oxidation sites excluding steroid dienone is 8. The van der Waals surface area contributed by atoms with Gasteiger partial charge in [0.1, 0.15) is 0 Å². The van der Waals surface area contributed by atoms with Crippen molar-refractivity contribution in [2.75, 3.05) is 0 Å². The first-order valence-corrected chi connectivity index (χ1v) is 6.99. The summed E-state index contributed by atoms with van der Waals surface area (Å²) in [5, 5.41) is 0. The van der Waals surface area contributed by atoms with E-state index in [-0.39, 0.29) is 1.43 Å². The molecule has 0 heterocycles.